The van der Waals surface area contributed by atoms with Crippen LogP contribution in [0.5, 0.6) is 0 Å². The zero-order valence-corrected chi connectivity index (χ0v) is 11.0. The van der Waals surface area contributed by atoms with Crippen LogP contribution in [0.15, 0.2) is 24.3 Å². The fraction of sp³-hybridized carbons (Fsp3) is 0.462. The van der Waals surface area contributed by atoms with E-state index < -0.39 is 0 Å². The van der Waals surface area contributed by atoms with E-state index in [-0.39, 0.29) is 5.91 Å². The predicted molar refractivity (Wildman–Crippen MR) is 69.1 cm³/mol. The van der Waals surface area contributed by atoms with E-state index >= 15 is 0 Å². The van der Waals surface area contributed by atoms with Gasteiger partial charge in [0.05, 0.1) is 0 Å². The van der Waals surface area contributed by atoms with Gasteiger partial charge in [-0.1, -0.05) is 35.0 Å². The van der Waals surface area contributed by atoms with E-state index in [9.17, 15) is 4.79 Å². The molecule has 0 aromatic heterocycles. The third kappa shape index (κ3) is 2.46. The van der Waals surface area contributed by atoms with Gasteiger partial charge in [-0.25, -0.2) is 0 Å². The first-order valence-electron chi connectivity index (χ1n) is 5.73. The molecule has 0 aliphatic carbocycles. The molecule has 2 nitrogen and oxygen atoms in total. The van der Waals surface area contributed by atoms with Crippen molar-refractivity contribution in [2.24, 2.45) is 0 Å². The standard InChI is InChI=1S/C13H16BrNO/c1-2-10-3-5-11(6-4-10)13(16)15-8-7-12(14)9-15/h3-6,12H,2,7-9H2,1H3. The van der Waals surface area contributed by atoms with E-state index in [1.54, 1.807) is 0 Å². The van der Waals surface area contributed by atoms with Gasteiger partial charge in [0.2, 0.25) is 0 Å². The number of benzene rings is 1. The van der Waals surface area contributed by atoms with Crippen molar-refractivity contribution < 1.29 is 4.79 Å². The van der Waals surface area contributed by atoms with Crippen molar-refractivity contribution in [3.05, 3.63) is 35.4 Å². The molecule has 1 saturated heterocycles. The highest BCUT2D eigenvalue weighted by Gasteiger charge is 2.24. The summed E-state index contributed by atoms with van der Waals surface area (Å²) in [7, 11) is 0. The summed E-state index contributed by atoms with van der Waals surface area (Å²) in [4.78, 5) is 14.5. The first-order chi connectivity index (χ1) is 7.70. The number of amides is 1. The van der Waals surface area contributed by atoms with Crippen LogP contribution in [0.1, 0.15) is 29.3 Å². The van der Waals surface area contributed by atoms with Crippen LogP contribution in [-0.2, 0) is 6.42 Å². The Kier molecular flexibility index (Phi) is 3.64. The molecule has 0 spiro atoms. The van der Waals surface area contributed by atoms with Gasteiger partial charge in [-0.05, 0) is 30.5 Å². The molecule has 1 aliphatic rings. The van der Waals surface area contributed by atoms with Crippen molar-refractivity contribution in [2.75, 3.05) is 13.1 Å². The Balaban J connectivity index is 2.08. The fourth-order valence-corrected chi connectivity index (χ4v) is 2.52. The zero-order chi connectivity index (χ0) is 11.5. The summed E-state index contributed by atoms with van der Waals surface area (Å²) < 4.78 is 0. The maximum absolute atomic E-state index is 12.1. The number of alkyl halides is 1. The summed E-state index contributed by atoms with van der Waals surface area (Å²) in [6.45, 7) is 3.81. The minimum Gasteiger partial charge on any atom is -0.337 e. The number of rotatable bonds is 2. The monoisotopic (exact) mass is 281 g/mol. The molecule has 1 aromatic rings. The summed E-state index contributed by atoms with van der Waals surface area (Å²) in [6.07, 6.45) is 2.07. The molecule has 2 rings (SSSR count). The molecule has 86 valence electrons. The maximum atomic E-state index is 12.1. The Morgan fingerprint density at radius 1 is 1.44 bits per heavy atom. The highest BCUT2D eigenvalue weighted by atomic mass is 79.9. The highest BCUT2D eigenvalue weighted by Crippen LogP contribution is 2.19. The second kappa shape index (κ2) is 5.00. The van der Waals surface area contributed by atoms with Crippen LogP contribution in [0.3, 0.4) is 0 Å². The average Bonchev–Trinajstić information content (AvgIpc) is 2.75. The van der Waals surface area contributed by atoms with Gasteiger partial charge in [-0.3, -0.25) is 4.79 Å². The van der Waals surface area contributed by atoms with Crippen molar-refractivity contribution in [1.29, 1.82) is 0 Å². The van der Waals surface area contributed by atoms with E-state index in [1.807, 2.05) is 29.2 Å². The quantitative estimate of drug-likeness (QED) is 0.764. The van der Waals surface area contributed by atoms with Crippen molar-refractivity contribution in [3.63, 3.8) is 0 Å². The van der Waals surface area contributed by atoms with Crippen LogP contribution >= 0.6 is 15.9 Å². The Bertz CT molecular complexity index is 374. The van der Waals surface area contributed by atoms with Gasteiger partial charge in [0.25, 0.3) is 5.91 Å². The summed E-state index contributed by atoms with van der Waals surface area (Å²) >= 11 is 3.55. The smallest absolute Gasteiger partial charge is 0.253 e. The molecular weight excluding hydrogens is 266 g/mol. The van der Waals surface area contributed by atoms with Crippen LogP contribution < -0.4 is 0 Å². The fourth-order valence-electron chi connectivity index (χ4n) is 1.97. The van der Waals surface area contributed by atoms with Gasteiger partial charge in [0.15, 0.2) is 0 Å². The first-order valence-corrected chi connectivity index (χ1v) is 6.64. The number of hydrogen-bond donors (Lipinski definition) is 0. The topological polar surface area (TPSA) is 20.3 Å². The molecule has 1 atom stereocenters. The Morgan fingerprint density at radius 3 is 2.62 bits per heavy atom. The van der Waals surface area contributed by atoms with Gasteiger partial charge in [0.1, 0.15) is 0 Å². The third-order valence-corrected chi connectivity index (χ3v) is 3.77. The molecule has 0 saturated carbocycles. The van der Waals surface area contributed by atoms with E-state index in [1.165, 1.54) is 5.56 Å². The molecule has 0 radical (unpaired) electrons. The number of nitrogens with zero attached hydrogens (tertiary/aromatic N) is 1. The van der Waals surface area contributed by atoms with Gasteiger partial charge in [-0.15, -0.1) is 0 Å². The first kappa shape index (κ1) is 11.6. The zero-order valence-electron chi connectivity index (χ0n) is 9.45. The number of carbonyl (C=O) groups is 1. The highest BCUT2D eigenvalue weighted by molar-refractivity contribution is 9.09. The summed E-state index contributed by atoms with van der Waals surface area (Å²) in [5, 5.41) is 0. The Labute approximate surface area is 105 Å². The molecule has 3 heteroatoms. The van der Waals surface area contributed by atoms with E-state index in [2.05, 4.69) is 22.9 Å². The lowest BCUT2D eigenvalue weighted by atomic mass is 10.1. The molecule has 1 aromatic carbocycles. The van der Waals surface area contributed by atoms with Crippen molar-refractivity contribution in [3.8, 4) is 0 Å². The Hall–Kier alpha value is -0.830. The molecule has 1 fully saturated rings. The van der Waals surface area contributed by atoms with Crippen LogP contribution in [0.2, 0.25) is 0 Å². The normalized spacial score (nSPS) is 20.1. The minimum absolute atomic E-state index is 0.157. The maximum Gasteiger partial charge on any atom is 0.253 e. The summed E-state index contributed by atoms with van der Waals surface area (Å²) in [5.74, 6) is 0.157. The SMILES string of the molecule is CCc1ccc(C(=O)N2CCC(Br)C2)cc1. The van der Waals surface area contributed by atoms with Crippen LogP contribution in [-0.4, -0.2) is 28.7 Å². The lowest BCUT2D eigenvalue weighted by molar-refractivity contribution is 0.0793. The van der Waals surface area contributed by atoms with Crippen LogP contribution in [0, 0.1) is 0 Å². The Morgan fingerprint density at radius 2 is 2.12 bits per heavy atom. The van der Waals surface area contributed by atoms with Gasteiger partial charge in [-0.2, -0.15) is 0 Å². The van der Waals surface area contributed by atoms with Crippen molar-refractivity contribution in [1.82, 2.24) is 4.90 Å². The van der Waals surface area contributed by atoms with Crippen LogP contribution in [0.25, 0.3) is 0 Å². The molecule has 0 N–H and O–H groups in total. The average molecular weight is 282 g/mol. The molecule has 16 heavy (non-hydrogen) atoms. The number of likely N-dealkylation sites (tertiary alicyclic amines) is 1. The van der Waals surface area contributed by atoms with Gasteiger partial charge >= 0.3 is 0 Å². The summed E-state index contributed by atoms with van der Waals surface area (Å²) in [5.41, 5.74) is 2.08. The van der Waals surface area contributed by atoms with E-state index in [0.29, 0.717) is 4.83 Å². The van der Waals surface area contributed by atoms with E-state index in [0.717, 1.165) is 31.5 Å². The second-order valence-electron chi connectivity index (χ2n) is 4.19. The number of aryl methyl sites for hydroxylation is 1. The van der Waals surface area contributed by atoms with Crippen molar-refractivity contribution >= 4 is 21.8 Å². The largest absolute Gasteiger partial charge is 0.337 e. The summed E-state index contributed by atoms with van der Waals surface area (Å²) in [6, 6.07) is 7.94. The molecule has 1 heterocycles. The number of halogens is 1. The molecular formula is C13H16BrNO. The van der Waals surface area contributed by atoms with Gasteiger partial charge < -0.3 is 4.90 Å². The molecule has 1 amide bonds. The van der Waals surface area contributed by atoms with Crippen LogP contribution in [0.4, 0.5) is 0 Å². The van der Waals surface area contributed by atoms with E-state index in [4.69, 9.17) is 0 Å². The minimum atomic E-state index is 0.157. The molecule has 1 unspecified atom stereocenters. The second-order valence-corrected chi connectivity index (χ2v) is 5.48. The predicted octanol–water partition coefficient (Wildman–Crippen LogP) is 2.86. The number of hydrogen-bond acceptors (Lipinski definition) is 1. The third-order valence-electron chi connectivity index (χ3n) is 3.03. The molecule has 0 bridgehead atoms. The molecule has 1 aliphatic heterocycles. The lowest BCUT2D eigenvalue weighted by Gasteiger charge is -2.15. The lowest BCUT2D eigenvalue weighted by Crippen LogP contribution is -2.28. The van der Waals surface area contributed by atoms with Gasteiger partial charge in [0, 0.05) is 23.5 Å². The van der Waals surface area contributed by atoms with Crippen molar-refractivity contribution in [2.45, 2.75) is 24.6 Å². The number of carbonyl (C=O) groups excluding carboxylic acids is 1.